The van der Waals surface area contributed by atoms with Gasteiger partial charge in [0.05, 0.1) is 0 Å². The third kappa shape index (κ3) is 3.08. The van der Waals surface area contributed by atoms with Crippen LogP contribution in [0.3, 0.4) is 0 Å². The Kier molecular flexibility index (Phi) is 3.93. The molecule has 0 radical (unpaired) electrons. The van der Waals surface area contributed by atoms with E-state index in [0.29, 0.717) is 6.04 Å². The van der Waals surface area contributed by atoms with Crippen molar-refractivity contribution < 1.29 is 0 Å². The van der Waals surface area contributed by atoms with Crippen molar-refractivity contribution in [1.29, 1.82) is 0 Å². The maximum Gasteiger partial charge on any atom is 0.129 e. The molecule has 21 heavy (non-hydrogen) atoms. The lowest BCUT2D eigenvalue weighted by atomic mass is 10.1. The Morgan fingerprint density at radius 2 is 1.76 bits per heavy atom. The molecule has 0 unspecified atom stereocenters. The van der Waals surface area contributed by atoms with Crippen LogP contribution in [0.5, 0.6) is 0 Å². The smallest absolute Gasteiger partial charge is 0.129 e. The molecule has 0 bridgehead atoms. The highest BCUT2D eigenvalue weighted by atomic mass is 15.2. The number of rotatable bonds is 4. The number of benzene rings is 1. The number of hydrogen-bond donors (Lipinski definition) is 1. The summed E-state index contributed by atoms with van der Waals surface area (Å²) in [6.07, 6.45) is 0. The highest BCUT2D eigenvalue weighted by Crippen LogP contribution is 2.27. The van der Waals surface area contributed by atoms with Crippen LogP contribution in [0.2, 0.25) is 0 Å². The molecule has 110 valence electrons. The van der Waals surface area contributed by atoms with Crippen molar-refractivity contribution in [3.63, 3.8) is 0 Å². The maximum absolute atomic E-state index is 4.80. The summed E-state index contributed by atoms with van der Waals surface area (Å²) < 4.78 is 0. The van der Waals surface area contributed by atoms with Gasteiger partial charge in [0.25, 0.3) is 0 Å². The average Bonchev–Trinajstić information content (AvgIpc) is 2.89. The van der Waals surface area contributed by atoms with E-state index in [1.807, 2.05) is 0 Å². The maximum atomic E-state index is 4.80. The van der Waals surface area contributed by atoms with Crippen LogP contribution in [-0.2, 0) is 19.6 Å². The van der Waals surface area contributed by atoms with E-state index < -0.39 is 0 Å². The molecule has 0 amide bonds. The molecule has 1 aliphatic rings. The molecule has 2 heterocycles. The monoisotopic (exact) mass is 281 g/mol. The number of aromatic nitrogens is 1. The Morgan fingerprint density at radius 3 is 2.33 bits per heavy atom. The van der Waals surface area contributed by atoms with E-state index in [-0.39, 0.29) is 0 Å². The Morgan fingerprint density at radius 1 is 1.10 bits per heavy atom. The second kappa shape index (κ2) is 5.86. The minimum Gasteiger partial charge on any atom is -0.348 e. The van der Waals surface area contributed by atoms with Gasteiger partial charge >= 0.3 is 0 Å². The predicted octanol–water partition coefficient (Wildman–Crippen LogP) is 3.41. The Bertz CT molecular complexity index is 609. The second-order valence-electron chi connectivity index (χ2n) is 6.07. The molecule has 1 N–H and O–H groups in total. The second-order valence-corrected chi connectivity index (χ2v) is 6.07. The van der Waals surface area contributed by atoms with Gasteiger partial charge in [0.15, 0.2) is 0 Å². The molecule has 3 nitrogen and oxygen atoms in total. The summed E-state index contributed by atoms with van der Waals surface area (Å²) in [5, 5.41) is 3.45. The zero-order chi connectivity index (χ0) is 14.8. The molecule has 3 heteroatoms. The van der Waals surface area contributed by atoms with Crippen LogP contribution in [0.4, 0.5) is 5.82 Å². The number of nitrogens with zero attached hydrogens (tertiary/aromatic N) is 2. The minimum atomic E-state index is 0.497. The SMILES string of the molecule is Cc1nc(N2Cc3ccccc3C2)ccc1CNC(C)C. The highest BCUT2D eigenvalue weighted by molar-refractivity contribution is 5.48. The van der Waals surface area contributed by atoms with Crippen LogP contribution in [0.25, 0.3) is 0 Å². The average molecular weight is 281 g/mol. The standard InChI is InChI=1S/C18H23N3/c1-13(2)19-10-15-8-9-18(20-14(15)3)21-11-16-6-4-5-7-17(16)12-21/h4-9,13,19H,10-12H2,1-3H3. The first-order valence-corrected chi connectivity index (χ1v) is 7.65. The summed E-state index contributed by atoms with van der Waals surface area (Å²) in [5.74, 6) is 1.08. The number of aryl methyl sites for hydroxylation is 1. The van der Waals surface area contributed by atoms with Crippen LogP contribution < -0.4 is 10.2 Å². The van der Waals surface area contributed by atoms with Crippen molar-refractivity contribution in [3.8, 4) is 0 Å². The van der Waals surface area contributed by atoms with Crippen molar-refractivity contribution in [1.82, 2.24) is 10.3 Å². The fourth-order valence-electron chi connectivity index (χ4n) is 2.75. The number of nitrogens with one attached hydrogen (secondary N) is 1. The first kappa shape index (κ1) is 14.1. The lowest BCUT2D eigenvalue weighted by Crippen LogP contribution is -2.23. The van der Waals surface area contributed by atoms with Crippen molar-refractivity contribution >= 4 is 5.82 Å². The molecule has 0 saturated carbocycles. The van der Waals surface area contributed by atoms with Gasteiger partial charge in [0, 0.05) is 31.4 Å². The summed E-state index contributed by atoms with van der Waals surface area (Å²) in [4.78, 5) is 7.15. The summed E-state index contributed by atoms with van der Waals surface area (Å²) in [6, 6.07) is 13.5. The van der Waals surface area contributed by atoms with Crippen LogP contribution in [0.15, 0.2) is 36.4 Å². The molecule has 1 aromatic carbocycles. The third-order valence-corrected chi connectivity index (χ3v) is 4.05. The zero-order valence-electron chi connectivity index (χ0n) is 13.1. The molecule has 3 rings (SSSR count). The Labute approximate surface area is 127 Å². The van der Waals surface area contributed by atoms with Gasteiger partial charge in [-0.3, -0.25) is 0 Å². The number of pyridine rings is 1. The van der Waals surface area contributed by atoms with Crippen molar-refractivity contribution in [2.24, 2.45) is 0 Å². The number of fused-ring (bicyclic) bond motifs is 1. The largest absolute Gasteiger partial charge is 0.348 e. The predicted molar refractivity (Wildman–Crippen MR) is 87.3 cm³/mol. The van der Waals surface area contributed by atoms with Crippen LogP contribution in [0, 0.1) is 6.92 Å². The molecular formula is C18H23N3. The van der Waals surface area contributed by atoms with Gasteiger partial charge in [-0.1, -0.05) is 44.2 Å². The first-order chi connectivity index (χ1) is 10.1. The topological polar surface area (TPSA) is 28.2 Å². The number of hydrogen-bond acceptors (Lipinski definition) is 3. The lowest BCUT2D eigenvalue weighted by molar-refractivity contribution is 0.586. The van der Waals surface area contributed by atoms with E-state index in [2.05, 4.69) is 67.4 Å². The van der Waals surface area contributed by atoms with Gasteiger partial charge in [0.1, 0.15) is 5.82 Å². The fourth-order valence-corrected chi connectivity index (χ4v) is 2.75. The van der Waals surface area contributed by atoms with Crippen LogP contribution >= 0.6 is 0 Å². The fraction of sp³-hybridized carbons (Fsp3) is 0.389. The quantitative estimate of drug-likeness (QED) is 0.931. The van der Waals surface area contributed by atoms with E-state index in [1.165, 1.54) is 16.7 Å². The van der Waals surface area contributed by atoms with Crippen molar-refractivity contribution in [2.75, 3.05) is 4.90 Å². The van der Waals surface area contributed by atoms with E-state index >= 15 is 0 Å². The normalized spacial score (nSPS) is 13.8. The molecule has 0 aliphatic carbocycles. The molecule has 1 aromatic heterocycles. The molecule has 1 aliphatic heterocycles. The van der Waals surface area contributed by atoms with Gasteiger partial charge in [-0.25, -0.2) is 4.98 Å². The molecule has 0 saturated heterocycles. The minimum absolute atomic E-state index is 0.497. The van der Waals surface area contributed by atoms with Crippen molar-refractivity contribution in [3.05, 3.63) is 58.8 Å². The molecule has 0 atom stereocenters. The van der Waals surface area contributed by atoms with Gasteiger partial charge in [-0.2, -0.15) is 0 Å². The summed E-state index contributed by atoms with van der Waals surface area (Å²) in [7, 11) is 0. The Balaban J connectivity index is 1.75. The van der Waals surface area contributed by atoms with E-state index in [4.69, 9.17) is 4.98 Å². The molecule has 0 fully saturated rings. The zero-order valence-corrected chi connectivity index (χ0v) is 13.1. The van der Waals surface area contributed by atoms with E-state index in [1.54, 1.807) is 0 Å². The summed E-state index contributed by atoms with van der Waals surface area (Å²) >= 11 is 0. The van der Waals surface area contributed by atoms with Gasteiger partial charge in [-0.15, -0.1) is 0 Å². The Hall–Kier alpha value is -1.87. The lowest BCUT2D eigenvalue weighted by Gasteiger charge is -2.18. The molecular weight excluding hydrogens is 258 g/mol. The van der Waals surface area contributed by atoms with Gasteiger partial charge in [0.2, 0.25) is 0 Å². The highest BCUT2D eigenvalue weighted by Gasteiger charge is 2.19. The first-order valence-electron chi connectivity index (χ1n) is 7.65. The van der Waals surface area contributed by atoms with Gasteiger partial charge < -0.3 is 10.2 Å². The third-order valence-electron chi connectivity index (χ3n) is 4.05. The summed E-state index contributed by atoms with van der Waals surface area (Å²) in [5.41, 5.74) is 5.24. The van der Waals surface area contributed by atoms with E-state index in [0.717, 1.165) is 31.1 Å². The molecule has 0 spiro atoms. The molecule has 2 aromatic rings. The number of anilines is 1. The van der Waals surface area contributed by atoms with E-state index in [9.17, 15) is 0 Å². The summed E-state index contributed by atoms with van der Waals surface area (Å²) in [6.45, 7) is 9.25. The van der Waals surface area contributed by atoms with Gasteiger partial charge in [-0.05, 0) is 29.7 Å². The van der Waals surface area contributed by atoms with Crippen molar-refractivity contribution in [2.45, 2.75) is 46.4 Å². The van der Waals surface area contributed by atoms with Crippen LogP contribution in [0.1, 0.15) is 36.2 Å². The van der Waals surface area contributed by atoms with Crippen LogP contribution in [-0.4, -0.2) is 11.0 Å².